The average Bonchev–Trinajstić information content (AvgIpc) is 2.49. The molecule has 0 fully saturated rings. The summed E-state index contributed by atoms with van der Waals surface area (Å²) in [7, 11) is 0. The van der Waals surface area contributed by atoms with Gasteiger partial charge < -0.3 is 4.90 Å². The summed E-state index contributed by atoms with van der Waals surface area (Å²) in [6, 6.07) is 6.34. The minimum Gasteiger partial charge on any atom is -0.330 e. The third-order valence-electron chi connectivity index (χ3n) is 2.96. The first-order valence-electron chi connectivity index (χ1n) is 6.46. The minimum atomic E-state index is -0.350. The van der Waals surface area contributed by atoms with E-state index in [0.717, 1.165) is 4.47 Å². The molecule has 0 aliphatic rings. The van der Waals surface area contributed by atoms with Gasteiger partial charge in [-0.2, -0.15) is 0 Å². The van der Waals surface area contributed by atoms with Crippen LogP contribution in [-0.2, 0) is 6.54 Å². The molecule has 0 spiro atoms. The van der Waals surface area contributed by atoms with Crippen LogP contribution in [0.2, 0.25) is 0 Å². The van der Waals surface area contributed by atoms with Gasteiger partial charge >= 0.3 is 0 Å². The first-order chi connectivity index (χ1) is 10.5. The Balaban J connectivity index is 2.28. The zero-order chi connectivity index (χ0) is 16.1. The van der Waals surface area contributed by atoms with Crippen molar-refractivity contribution in [2.24, 2.45) is 0 Å². The van der Waals surface area contributed by atoms with E-state index >= 15 is 0 Å². The number of aromatic nitrogens is 1. The smallest absolute Gasteiger partial charge is 0.256 e. The number of rotatable bonds is 5. The van der Waals surface area contributed by atoms with Crippen LogP contribution in [0, 0.1) is 5.82 Å². The van der Waals surface area contributed by atoms with Crippen LogP contribution in [0.3, 0.4) is 0 Å². The molecule has 0 saturated carbocycles. The second-order valence-corrected chi connectivity index (χ2v) is 6.43. The fourth-order valence-electron chi connectivity index (χ4n) is 1.96. The Bertz CT molecular complexity index is 706. The van der Waals surface area contributed by atoms with Crippen LogP contribution < -0.4 is 0 Å². The molecule has 0 aliphatic carbocycles. The molecule has 2 rings (SSSR count). The lowest BCUT2D eigenvalue weighted by molar-refractivity contribution is 0.0761. The first kappa shape index (κ1) is 16.8. The predicted octanol–water partition coefficient (Wildman–Crippen LogP) is 4.57. The fourth-order valence-corrected chi connectivity index (χ4v) is 2.73. The maximum atomic E-state index is 13.9. The summed E-state index contributed by atoms with van der Waals surface area (Å²) in [6.07, 6.45) is 4.70. The minimum absolute atomic E-state index is 0.155. The molecule has 1 aromatic carbocycles. The number of nitrogens with zero attached hydrogens (tertiary/aromatic N) is 2. The maximum Gasteiger partial charge on any atom is 0.256 e. The highest BCUT2D eigenvalue weighted by atomic mass is 79.9. The van der Waals surface area contributed by atoms with E-state index in [4.69, 9.17) is 0 Å². The second kappa shape index (κ2) is 7.65. The Morgan fingerprint density at radius 3 is 2.73 bits per heavy atom. The van der Waals surface area contributed by atoms with E-state index in [2.05, 4.69) is 43.4 Å². The Morgan fingerprint density at radius 2 is 2.05 bits per heavy atom. The van der Waals surface area contributed by atoms with Crippen LogP contribution >= 0.6 is 31.9 Å². The first-order valence-corrected chi connectivity index (χ1v) is 8.04. The van der Waals surface area contributed by atoms with E-state index < -0.39 is 0 Å². The molecule has 0 unspecified atom stereocenters. The number of hydrogen-bond acceptors (Lipinski definition) is 2. The molecule has 0 saturated heterocycles. The quantitative estimate of drug-likeness (QED) is 0.654. The zero-order valence-electron chi connectivity index (χ0n) is 11.6. The molecule has 0 N–H and O–H groups in total. The van der Waals surface area contributed by atoms with E-state index in [-0.39, 0.29) is 18.3 Å². The van der Waals surface area contributed by atoms with Crippen molar-refractivity contribution in [1.29, 1.82) is 0 Å². The predicted molar refractivity (Wildman–Crippen MR) is 91.0 cm³/mol. The summed E-state index contributed by atoms with van der Waals surface area (Å²) in [6.45, 7) is 4.13. The van der Waals surface area contributed by atoms with Crippen LogP contribution in [0.25, 0.3) is 0 Å². The van der Waals surface area contributed by atoms with Crippen LogP contribution in [-0.4, -0.2) is 22.3 Å². The standard InChI is InChI=1S/C16H13Br2FN2O/c1-2-5-21(10-12-7-13(17)3-4-15(12)19)16(22)11-6-14(18)9-20-8-11/h2-4,6-9H,1,5,10H2. The highest BCUT2D eigenvalue weighted by Crippen LogP contribution is 2.19. The molecule has 0 radical (unpaired) electrons. The highest BCUT2D eigenvalue weighted by molar-refractivity contribution is 9.10. The molecule has 2 aromatic rings. The maximum absolute atomic E-state index is 13.9. The molecule has 22 heavy (non-hydrogen) atoms. The largest absolute Gasteiger partial charge is 0.330 e. The second-order valence-electron chi connectivity index (χ2n) is 4.60. The van der Waals surface area contributed by atoms with Crippen molar-refractivity contribution in [1.82, 2.24) is 9.88 Å². The van der Waals surface area contributed by atoms with Gasteiger partial charge in [0, 0.05) is 40.0 Å². The summed E-state index contributed by atoms with van der Waals surface area (Å²) in [5, 5.41) is 0. The molecule has 0 aliphatic heterocycles. The number of benzene rings is 1. The van der Waals surface area contributed by atoms with Gasteiger partial charge in [-0.25, -0.2) is 4.39 Å². The molecule has 0 bridgehead atoms. The third kappa shape index (κ3) is 4.24. The van der Waals surface area contributed by atoms with Crippen LogP contribution in [0.5, 0.6) is 0 Å². The SMILES string of the molecule is C=CCN(Cc1cc(Br)ccc1F)C(=O)c1cncc(Br)c1. The number of pyridine rings is 1. The summed E-state index contributed by atoms with van der Waals surface area (Å²) in [4.78, 5) is 18.1. The van der Waals surface area contributed by atoms with Crippen molar-refractivity contribution in [3.05, 3.63) is 75.2 Å². The lowest BCUT2D eigenvalue weighted by Crippen LogP contribution is -2.31. The number of halogens is 3. The van der Waals surface area contributed by atoms with Gasteiger partial charge in [-0.15, -0.1) is 6.58 Å². The summed E-state index contributed by atoms with van der Waals surface area (Å²) in [5.74, 6) is -0.578. The third-order valence-corrected chi connectivity index (χ3v) is 3.88. The number of hydrogen-bond donors (Lipinski definition) is 0. The van der Waals surface area contributed by atoms with E-state index in [1.54, 1.807) is 30.5 Å². The van der Waals surface area contributed by atoms with Gasteiger partial charge in [-0.3, -0.25) is 9.78 Å². The van der Waals surface area contributed by atoms with Gasteiger partial charge in [0.05, 0.1) is 5.56 Å². The van der Waals surface area contributed by atoms with Crippen LogP contribution in [0.15, 0.2) is 58.3 Å². The molecule has 1 heterocycles. The summed E-state index contributed by atoms with van der Waals surface area (Å²) >= 11 is 6.60. The van der Waals surface area contributed by atoms with Gasteiger partial charge in [-0.05, 0) is 40.2 Å². The topological polar surface area (TPSA) is 33.2 Å². The van der Waals surface area contributed by atoms with Gasteiger partial charge in [0.1, 0.15) is 5.82 Å². The van der Waals surface area contributed by atoms with E-state index in [1.807, 2.05) is 0 Å². The van der Waals surface area contributed by atoms with Gasteiger partial charge in [0.15, 0.2) is 0 Å². The van der Waals surface area contributed by atoms with Crippen molar-refractivity contribution < 1.29 is 9.18 Å². The lowest BCUT2D eigenvalue weighted by atomic mass is 10.1. The van der Waals surface area contributed by atoms with Crippen molar-refractivity contribution in [3.8, 4) is 0 Å². The Morgan fingerprint density at radius 1 is 1.27 bits per heavy atom. The Kier molecular flexibility index (Phi) is 5.85. The van der Waals surface area contributed by atoms with Crippen LogP contribution in [0.1, 0.15) is 15.9 Å². The Hall–Kier alpha value is -1.53. The van der Waals surface area contributed by atoms with Gasteiger partial charge in [0.2, 0.25) is 0 Å². The molecule has 3 nitrogen and oxygen atoms in total. The zero-order valence-corrected chi connectivity index (χ0v) is 14.8. The molecule has 114 valence electrons. The molecule has 1 amide bonds. The van der Waals surface area contributed by atoms with Crippen LogP contribution in [0.4, 0.5) is 4.39 Å². The van der Waals surface area contributed by atoms with E-state index in [9.17, 15) is 9.18 Å². The lowest BCUT2D eigenvalue weighted by Gasteiger charge is -2.21. The number of carbonyl (C=O) groups excluding carboxylic acids is 1. The normalized spacial score (nSPS) is 10.3. The Labute approximate surface area is 145 Å². The average molecular weight is 428 g/mol. The van der Waals surface area contributed by atoms with Gasteiger partial charge in [0.25, 0.3) is 5.91 Å². The van der Waals surface area contributed by atoms with E-state index in [1.165, 1.54) is 17.2 Å². The summed E-state index contributed by atoms with van der Waals surface area (Å²) in [5.41, 5.74) is 0.874. The van der Waals surface area contributed by atoms with Crippen molar-refractivity contribution >= 4 is 37.8 Å². The van der Waals surface area contributed by atoms with Crippen molar-refractivity contribution in [2.75, 3.05) is 6.54 Å². The number of amides is 1. The number of carbonyl (C=O) groups is 1. The van der Waals surface area contributed by atoms with Crippen molar-refractivity contribution in [3.63, 3.8) is 0 Å². The van der Waals surface area contributed by atoms with E-state index in [0.29, 0.717) is 22.1 Å². The van der Waals surface area contributed by atoms with Crippen molar-refractivity contribution in [2.45, 2.75) is 6.54 Å². The molecular formula is C16H13Br2FN2O. The summed E-state index contributed by atoms with van der Waals surface area (Å²) < 4.78 is 15.4. The molecule has 6 heteroatoms. The highest BCUT2D eigenvalue weighted by Gasteiger charge is 2.17. The monoisotopic (exact) mass is 426 g/mol. The molecule has 1 aromatic heterocycles. The molecule has 0 atom stereocenters. The molecular weight excluding hydrogens is 415 g/mol. The fraction of sp³-hybridized carbons (Fsp3) is 0.125. The van der Waals surface area contributed by atoms with Gasteiger partial charge in [-0.1, -0.05) is 22.0 Å².